The lowest BCUT2D eigenvalue weighted by molar-refractivity contribution is 0.236. The summed E-state index contributed by atoms with van der Waals surface area (Å²) in [6, 6.07) is 0. The molecule has 0 atom stereocenters. The standard InChI is InChI=1S/C16H27N7/c1-13-20-15-14(12-19-23(15)16(17-2)21-13)6-4-3-5-9-22-10-7-18-8-11-22/h12,18H,3-11H2,1-2H3,(H,17,20,21). The molecule has 2 aromatic heterocycles. The summed E-state index contributed by atoms with van der Waals surface area (Å²) in [6.07, 6.45) is 6.68. The van der Waals surface area contributed by atoms with Crippen molar-refractivity contribution in [1.82, 2.24) is 29.8 Å². The van der Waals surface area contributed by atoms with Gasteiger partial charge in [0.05, 0.1) is 6.20 Å². The molecule has 3 heterocycles. The molecule has 1 aliphatic rings. The molecular weight excluding hydrogens is 290 g/mol. The van der Waals surface area contributed by atoms with E-state index in [4.69, 9.17) is 0 Å². The van der Waals surface area contributed by atoms with Crippen LogP contribution in [0.2, 0.25) is 0 Å². The third-order valence-corrected chi connectivity index (χ3v) is 4.41. The van der Waals surface area contributed by atoms with Gasteiger partial charge in [0.15, 0.2) is 5.65 Å². The van der Waals surface area contributed by atoms with Crippen LogP contribution >= 0.6 is 0 Å². The van der Waals surface area contributed by atoms with E-state index in [1.165, 1.54) is 44.5 Å². The van der Waals surface area contributed by atoms with Gasteiger partial charge in [-0.05, 0) is 32.7 Å². The summed E-state index contributed by atoms with van der Waals surface area (Å²) >= 11 is 0. The Hall–Kier alpha value is -1.73. The van der Waals surface area contributed by atoms with Gasteiger partial charge in [-0.3, -0.25) is 0 Å². The Balaban J connectivity index is 1.50. The molecule has 1 saturated heterocycles. The molecule has 0 amide bonds. The van der Waals surface area contributed by atoms with Crippen molar-refractivity contribution in [3.63, 3.8) is 0 Å². The number of piperazine rings is 1. The first kappa shape index (κ1) is 16.1. The maximum atomic E-state index is 4.55. The first-order valence-electron chi connectivity index (χ1n) is 8.60. The fourth-order valence-corrected chi connectivity index (χ4v) is 3.13. The van der Waals surface area contributed by atoms with Gasteiger partial charge in [0, 0.05) is 38.8 Å². The zero-order valence-electron chi connectivity index (χ0n) is 14.2. The summed E-state index contributed by atoms with van der Waals surface area (Å²) in [7, 11) is 1.86. The van der Waals surface area contributed by atoms with Crippen molar-refractivity contribution in [3.8, 4) is 0 Å². The van der Waals surface area contributed by atoms with E-state index < -0.39 is 0 Å². The fourth-order valence-electron chi connectivity index (χ4n) is 3.13. The van der Waals surface area contributed by atoms with E-state index in [-0.39, 0.29) is 0 Å². The Kier molecular flexibility index (Phi) is 5.40. The van der Waals surface area contributed by atoms with Crippen LogP contribution in [-0.4, -0.2) is 64.3 Å². The normalized spacial score (nSPS) is 16.1. The minimum Gasteiger partial charge on any atom is -0.357 e. The molecule has 0 spiro atoms. The molecule has 1 aliphatic heterocycles. The summed E-state index contributed by atoms with van der Waals surface area (Å²) in [5.74, 6) is 1.53. The molecule has 0 bridgehead atoms. The van der Waals surface area contributed by atoms with Crippen LogP contribution in [0.1, 0.15) is 30.7 Å². The highest BCUT2D eigenvalue weighted by molar-refractivity contribution is 5.50. The molecule has 1 fully saturated rings. The Morgan fingerprint density at radius 3 is 2.78 bits per heavy atom. The van der Waals surface area contributed by atoms with Gasteiger partial charge in [-0.1, -0.05) is 6.42 Å². The number of anilines is 1. The predicted molar refractivity (Wildman–Crippen MR) is 91.9 cm³/mol. The van der Waals surface area contributed by atoms with Crippen LogP contribution in [0.3, 0.4) is 0 Å². The topological polar surface area (TPSA) is 70.4 Å². The van der Waals surface area contributed by atoms with Gasteiger partial charge in [0.25, 0.3) is 0 Å². The minimum atomic E-state index is 0.748. The Morgan fingerprint density at radius 1 is 1.17 bits per heavy atom. The average Bonchev–Trinajstić information content (AvgIpc) is 2.97. The zero-order chi connectivity index (χ0) is 16.1. The molecule has 7 nitrogen and oxygen atoms in total. The van der Waals surface area contributed by atoms with E-state index in [0.717, 1.165) is 36.9 Å². The number of nitrogens with zero attached hydrogens (tertiary/aromatic N) is 5. The lowest BCUT2D eigenvalue weighted by Gasteiger charge is -2.26. The third kappa shape index (κ3) is 3.97. The molecule has 7 heteroatoms. The number of aromatic nitrogens is 4. The van der Waals surface area contributed by atoms with Crippen molar-refractivity contribution in [2.24, 2.45) is 0 Å². The number of hydrogen-bond acceptors (Lipinski definition) is 6. The lowest BCUT2D eigenvalue weighted by atomic mass is 10.1. The van der Waals surface area contributed by atoms with Gasteiger partial charge >= 0.3 is 0 Å². The largest absolute Gasteiger partial charge is 0.357 e. The van der Waals surface area contributed by atoms with E-state index in [0.29, 0.717) is 0 Å². The first-order chi connectivity index (χ1) is 11.3. The minimum absolute atomic E-state index is 0.748. The monoisotopic (exact) mass is 317 g/mol. The smallest absolute Gasteiger partial charge is 0.227 e. The number of unbranched alkanes of at least 4 members (excludes halogenated alkanes) is 2. The second-order valence-electron chi connectivity index (χ2n) is 6.15. The summed E-state index contributed by atoms with van der Waals surface area (Å²) in [5, 5.41) is 10.9. The number of aryl methyl sites for hydroxylation is 2. The van der Waals surface area contributed by atoms with Gasteiger partial charge in [0.2, 0.25) is 5.95 Å². The highest BCUT2D eigenvalue weighted by Crippen LogP contribution is 2.15. The van der Waals surface area contributed by atoms with E-state index >= 15 is 0 Å². The van der Waals surface area contributed by atoms with Crippen molar-refractivity contribution < 1.29 is 0 Å². The SMILES string of the molecule is CNc1nc(C)nc2c(CCCCCN3CCNCC3)cnn12. The fraction of sp³-hybridized carbons (Fsp3) is 0.688. The van der Waals surface area contributed by atoms with E-state index in [2.05, 4.69) is 30.6 Å². The maximum absolute atomic E-state index is 4.55. The van der Waals surface area contributed by atoms with Crippen molar-refractivity contribution in [2.45, 2.75) is 32.6 Å². The van der Waals surface area contributed by atoms with E-state index in [1.54, 1.807) is 4.52 Å². The Bertz CT molecular complexity index is 631. The number of nitrogens with one attached hydrogen (secondary N) is 2. The number of hydrogen-bond donors (Lipinski definition) is 2. The van der Waals surface area contributed by atoms with Gasteiger partial charge in [-0.2, -0.15) is 14.6 Å². The van der Waals surface area contributed by atoms with Crippen LogP contribution in [0.25, 0.3) is 5.65 Å². The molecule has 23 heavy (non-hydrogen) atoms. The van der Waals surface area contributed by atoms with Gasteiger partial charge < -0.3 is 15.5 Å². The summed E-state index contributed by atoms with van der Waals surface area (Å²) in [4.78, 5) is 11.5. The molecule has 2 aromatic rings. The molecule has 2 N–H and O–H groups in total. The van der Waals surface area contributed by atoms with Crippen LogP contribution in [0.5, 0.6) is 0 Å². The van der Waals surface area contributed by atoms with Crippen molar-refractivity contribution >= 4 is 11.6 Å². The second-order valence-corrected chi connectivity index (χ2v) is 6.15. The molecule has 0 radical (unpaired) electrons. The van der Waals surface area contributed by atoms with Crippen molar-refractivity contribution in [2.75, 3.05) is 45.1 Å². The van der Waals surface area contributed by atoms with Crippen LogP contribution in [-0.2, 0) is 6.42 Å². The Labute approximate surface area is 137 Å². The number of fused-ring (bicyclic) bond motifs is 1. The zero-order valence-corrected chi connectivity index (χ0v) is 14.2. The van der Waals surface area contributed by atoms with E-state index in [1.807, 2.05) is 20.2 Å². The third-order valence-electron chi connectivity index (χ3n) is 4.41. The number of rotatable bonds is 7. The van der Waals surface area contributed by atoms with Gasteiger partial charge in [-0.25, -0.2) is 4.98 Å². The molecule has 0 saturated carbocycles. The first-order valence-corrected chi connectivity index (χ1v) is 8.60. The summed E-state index contributed by atoms with van der Waals surface area (Å²) < 4.78 is 1.79. The van der Waals surface area contributed by atoms with Crippen LogP contribution in [0.15, 0.2) is 6.20 Å². The van der Waals surface area contributed by atoms with Crippen LogP contribution in [0, 0.1) is 6.92 Å². The molecule has 3 rings (SSSR count). The predicted octanol–water partition coefficient (Wildman–Crippen LogP) is 1.09. The second kappa shape index (κ2) is 7.70. The maximum Gasteiger partial charge on any atom is 0.227 e. The van der Waals surface area contributed by atoms with Crippen molar-refractivity contribution in [3.05, 3.63) is 17.6 Å². The van der Waals surface area contributed by atoms with E-state index in [9.17, 15) is 0 Å². The van der Waals surface area contributed by atoms with Crippen molar-refractivity contribution in [1.29, 1.82) is 0 Å². The Morgan fingerprint density at radius 2 is 2.00 bits per heavy atom. The molecule has 126 valence electrons. The highest BCUT2D eigenvalue weighted by Gasteiger charge is 2.11. The van der Waals surface area contributed by atoms with Gasteiger partial charge in [0.1, 0.15) is 5.82 Å². The highest BCUT2D eigenvalue weighted by atomic mass is 15.3. The summed E-state index contributed by atoms with van der Waals surface area (Å²) in [5.41, 5.74) is 2.15. The van der Waals surface area contributed by atoms with Crippen LogP contribution < -0.4 is 10.6 Å². The molecule has 0 aromatic carbocycles. The average molecular weight is 317 g/mol. The lowest BCUT2D eigenvalue weighted by Crippen LogP contribution is -2.43. The van der Waals surface area contributed by atoms with Crippen LogP contribution in [0.4, 0.5) is 5.95 Å². The molecule has 0 aliphatic carbocycles. The van der Waals surface area contributed by atoms with Gasteiger partial charge in [-0.15, -0.1) is 0 Å². The molecular formula is C16H27N7. The quantitative estimate of drug-likeness (QED) is 0.745. The molecule has 0 unspecified atom stereocenters. The summed E-state index contributed by atoms with van der Waals surface area (Å²) in [6.45, 7) is 7.80.